The highest BCUT2D eigenvalue weighted by Gasteiger charge is 2.22. The number of carbonyl (C=O) groups excluding carboxylic acids is 1. The SMILES string of the molecule is CC(NC(=O)c1ccc2c(c1)OCO2)C(C)C(=O)O. The lowest BCUT2D eigenvalue weighted by atomic mass is 10.0. The highest BCUT2D eigenvalue weighted by Crippen LogP contribution is 2.32. The number of carboxylic acid groups (broad SMARTS) is 1. The molecule has 0 spiro atoms. The van der Waals surface area contributed by atoms with Gasteiger partial charge in [-0.05, 0) is 32.0 Å². The lowest BCUT2D eigenvalue weighted by Crippen LogP contribution is -2.40. The van der Waals surface area contributed by atoms with Gasteiger partial charge in [0, 0.05) is 11.6 Å². The van der Waals surface area contributed by atoms with E-state index >= 15 is 0 Å². The largest absolute Gasteiger partial charge is 0.481 e. The quantitative estimate of drug-likeness (QED) is 0.856. The summed E-state index contributed by atoms with van der Waals surface area (Å²) in [5.41, 5.74) is 0.411. The van der Waals surface area contributed by atoms with Crippen LogP contribution in [0.1, 0.15) is 24.2 Å². The average molecular weight is 265 g/mol. The minimum absolute atomic E-state index is 0.146. The van der Waals surface area contributed by atoms with E-state index in [9.17, 15) is 9.59 Å². The Balaban J connectivity index is 2.06. The van der Waals surface area contributed by atoms with Crippen LogP contribution in [0.25, 0.3) is 0 Å². The van der Waals surface area contributed by atoms with E-state index in [4.69, 9.17) is 14.6 Å². The van der Waals surface area contributed by atoms with Crippen molar-refractivity contribution in [2.24, 2.45) is 5.92 Å². The summed E-state index contributed by atoms with van der Waals surface area (Å²) in [7, 11) is 0. The van der Waals surface area contributed by atoms with Crippen LogP contribution in [0, 0.1) is 5.92 Å². The fraction of sp³-hybridized carbons (Fsp3) is 0.385. The number of ether oxygens (including phenoxy) is 2. The molecule has 1 heterocycles. The molecule has 0 aromatic heterocycles. The van der Waals surface area contributed by atoms with Crippen LogP contribution in [-0.4, -0.2) is 29.8 Å². The first kappa shape index (κ1) is 13.2. The fourth-order valence-corrected chi connectivity index (χ4v) is 1.67. The minimum atomic E-state index is -0.946. The number of carboxylic acids is 1. The molecule has 102 valence electrons. The summed E-state index contributed by atoms with van der Waals surface area (Å²) in [5.74, 6) is -0.814. The molecule has 0 radical (unpaired) electrons. The minimum Gasteiger partial charge on any atom is -0.481 e. The Morgan fingerprint density at radius 2 is 1.95 bits per heavy atom. The molecule has 0 aliphatic carbocycles. The molecule has 2 rings (SSSR count). The van der Waals surface area contributed by atoms with E-state index in [1.165, 1.54) is 0 Å². The third kappa shape index (κ3) is 2.78. The molecule has 1 aromatic carbocycles. The zero-order chi connectivity index (χ0) is 14.0. The van der Waals surface area contributed by atoms with Crippen LogP contribution in [0.2, 0.25) is 0 Å². The predicted octanol–water partition coefficient (Wildman–Crippen LogP) is 1.25. The van der Waals surface area contributed by atoms with Crippen molar-refractivity contribution in [1.29, 1.82) is 0 Å². The molecule has 0 saturated heterocycles. The Hall–Kier alpha value is -2.24. The maximum absolute atomic E-state index is 12.0. The summed E-state index contributed by atoms with van der Waals surface area (Å²) >= 11 is 0. The summed E-state index contributed by atoms with van der Waals surface area (Å²) in [6.45, 7) is 3.35. The molecule has 2 N–H and O–H groups in total. The van der Waals surface area contributed by atoms with Gasteiger partial charge in [0.25, 0.3) is 5.91 Å². The van der Waals surface area contributed by atoms with Crippen molar-refractivity contribution in [3.05, 3.63) is 23.8 Å². The average Bonchev–Trinajstić information content (AvgIpc) is 2.84. The van der Waals surface area contributed by atoms with Gasteiger partial charge < -0.3 is 19.9 Å². The van der Waals surface area contributed by atoms with Gasteiger partial charge in [0.1, 0.15) is 0 Å². The topological polar surface area (TPSA) is 84.9 Å². The number of aliphatic carboxylic acids is 1. The lowest BCUT2D eigenvalue weighted by molar-refractivity contribution is -0.141. The molecule has 1 aromatic rings. The van der Waals surface area contributed by atoms with E-state index < -0.39 is 17.9 Å². The zero-order valence-electron chi connectivity index (χ0n) is 10.7. The summed E-state index contributed by atoms with van der Waals surface area (Å²) in [5, 5.41) is 11.5. The molecule has 6 heteroatoms. The smallest absolute Gasteiger partial charge is 0.308 e. The van der Waals surface area contributed by atoms with E-state index in [0.29, 0.717) is 17.1 Å². The van der Waals surface area contributed by atoms with Crippen LogP contribution in [0.5, 0.6) is 11.5 Å². The molecule has 19 heavy (non-hydrogen) atoms. The van der Waals surface area contributed by atoms with Gasteiger partial charge in [-0.1, -0.05) is 0 Å². The maximum Gasteiger partial charge on any atom is 0.308 e. The van der Waals surface area contributed by atoms with Gasteiger partial charge >= 0.3 is 5.97 Å². The molecular weight excluding hydrogens is 250 g/mol. The Bertz CT molecular complexity index is 514. The Morgan fingerprint density at radius 3 is 2.63 bits per heavy atom. The van der Waals surface area contributed by atoms with Crippen molar-refractivity contribution in [2.75, 3.05) is 6.79 Å². The van der Waals surface area contributed by atoms with Crippen molar-refractivity contribution in [2.45, 2.75) is 19.9 Å². The third-order valence-electron chi connectivity index (χ3n) is 3.13. The van der Waals surface area contributed by atoms with Crippen LogP contribution in [0.15, 0.2) is 18.2 Å². The standard InChI is InChI=1S/C13H15NO5/c1-7(13(16)17)8(2)14-12(15)9-3-4-10-11(5-9)19-6-18-10/h3-5,7-8H,6H2,1-2H3,(H,14,15)(H,16,17). The number of nitrogens with one attached hydrogen (secondary N) is 1. The van der Waals surface area contributed by atoms with Gasteiger partial charge in [-0.25, -0.2) is 0 Å². The van der Waals surface area contributed by atoms with Crippen LogP contribution in [0.4, 0.5) is 0 Å². The maximum atomic E-state index is 12.0. The number of hydrogen-bond acceptors (Lipinski definition) is 4. The molecular formula is C13H15NO5. The number of carbonyl (C=O) groups is 2. The molecule has 0 saturated carbocycles. The van der Waals surface area contributed by atoms with Gasteiger partial charge in [-0.2, -0.15) is 0 Å². The lowest BCUT2D eigenvalue weighted by Gasteiger charge is -2.17. The second-order valence-electron chi connectivity index (χ2n) is 4.46. The fourth-order valence-electron chi connectivity index (χ4n) is 1.67. The van der Waals surface area contributed by atoms with Crippen LogP contribution < -0.4 is 14.8 Å². The predicted molar refractivity (Wildman–Crippen MR) is 66.3 cm³/mol. The monoisotopic (exact) mass is 265 g/mol. The van der Waals surface area contributed by atoms with Crippen molar-refractivity contribution in [3.63, 3.8) is 0 Å². The number of fused-ring (bicyclic) bond motifs is 1. The molecule has 1 aliphatic rings. The molecule has 6 nitrogen and oxygen atoms in total. The summed E-state index contributed by atoms with van der Waals surface area (Å²) in [6, 6.07) is 4.38. The van der Waals surface area contributed by atoms with Crippen LogP contribution in [-0.2, 0) is 4.79 Å². The molecule has 2 atom stereocenters. The molecule has 1 aliphatic heterocycles. The Labute approximate surface area is 110 Å². The first-order chi connectivity index (χ1) is 8.99. The second kappa shape index (κ2) is 5.17. The zero-order valence-corrected chi connectivity index (χ0v) is 10.7. The van der Waals surface area contributed by atoms with E-state index in [0.717, 1.165) is 0 Å². The highest BCUT2D eigenvalue weighted by atomic mass is 16.7. The van der Waals surface area contributed by atoms with Crippen LogP contribution in [0.3, 0.4) is 0 Å². The Kier molecular flexibility index (Phi) is 3.59. The first-order valence-electron chi connectivity index (χ1n) is 5.92. The van der Waals surface area contributed by atoms with Gasteiger partial charge in [0.2, 0.25) is 6.79 Å². The van der Waals surface area contributed by atoms with Crippen molar-refractivity contribution in [3.8, 4) is 11.5 Å². The Morgan fingerprint density at radius 1 is 1.26 bits per heavy atom. The highest BCUT2D eigenvalue weighted by molar-refractivity contribution is 5.95. The molecule has 0 fully saturated rings. The second-order valence-corrected chi connectivity index (χ2v) is 4.46. The normalized spacial score (nSPS) is 15.7. The van der Waals surface area contributed by atoms with Crippen molar-refractivity contribution in [1.82, 2.24) is 5.32 Å². The number of benzene rings is 1. The summed E-state index contributed by atoms with van der Waals surface area (Å²) in [6.07, 6.45) is 0. The van der Waals surface area contributed by atoms with E-state index in [2.05, 4.69) is 5.32 Å². The summed E-state index contributed by atoms with van der Waals surface area (Å²) in [4.78, 5) is 22.8. The summed E-state index contributed by atoms with van der Waals surface area (Å²) < 4.78 is 10.3. The third-order valence-corrected chi connectivity index (χ3v) is 3.13. The van der Waals surface area contributed by atoms with Gasteiger partial charge in [0.05, 0.1) is 5.92 Å². The first-order valence-corrected chi connectivity index (χ1v) is 5.92. The van der Waals surface area contributed by atoms with Gasteiger partial charge in [-0.15, -0.1) is 0 Å². The number of hydrogen-bond donors (Lipinski definition) is 2. The van der Waals surface area contributed by atoms with Gasteiger partial charge in [-0.3, -0.25) is 9.59 Å². The number of amides is 1. The number of rotatable bonds is 4. The van der Waals surface area contributed by atoms with Crippen molar-refractivity contribution < 1.29 is 24.2 Å². The van der Waals surface area contributed by atoms with Crippen LogP contribution >= 0.6 is 0 Å². The van der Waals surface area contributed by atoms with E-state index in [-0.39, 0.29) is 12.7 Å². The van der Waals surface area contributed by atoms with Crippen molar-refractivity contribution >= 4 is 11.9 Å². The molecule has 0 bridgehead atoms. The van der Waals surface area contributed by atoms with E-state index in [1.807, 2.05) is 0 Å². The van der Waals surface area contributed by atoms with E-state index in [1.54, 1.807) is 32.0 Å². The molecule has 2 unspecified atom stereocenters. The molecule has 1 amide bonds. The van der Waals surface area contributed by atoms with Gasteiger partial charge in [0.15, 0.2) is 11.5 Å².